The molecular formula is C17H25ClN2O3. The van der Waals surface area contributed by atoms with E-state index in [0.29, 0.717) is 28.0 Å². The maximum Gasteiger partial charge on any atom is 0.254 e. The van der Waals surface area contributed by atoms with Gasteiger partial charge < -0.3 is 14.4 Å². The molecule has 1 aliphatic heterocycles. The van der Waals surface area contributed by atoms with E-state index in [2.05, 4.69) is 18.7 Å². The summed E-state index contributed by atoms with van der Waals surface area (Å²) in [5, 5.41) is 0.383. The van der Waals surface area contributed by atoms with E-state index < -0.39 is 0 Å². The molecule has 0 N–H and O–H groups in total. The molecule has 0 aromatic heterocycles. The van der Waals surface area contributed by atoms with Gasteiger partial charge in [-0.1, -0.05) is 25.4 Å². The van der Waals surface area contributed by atoms with Crippen molar-refractivity contribution in [1.82, 2.24) is 9.80 Å². The van der Waals surface area contributed by atoms with E-state index in [4.69, 9.17) is 21.1 Å². The monoisotopic (exact) mass is 340 g/mol. The lowest BCUT2D eigenvalue weighted by Crippen LogP contribution is -2.49. The molecule has 1 aromatic rings. The number of carbonyl (C=O) groups excluding carboxylic acids is 1. The smallest absolute Gasteiger partial charge is 0.254 e. The fourth-order valence-corrected chi connectivity index (χ4v) is 3.16. The largest absolute Gasteiger partial charge is 0.493 e. The quantitative estimate of drug-likeness (QED) is 0.826. The van der Waals surface area contributed by atoms with E-state index in [9.17, 15) is 4.79 Å². The van der Waals surface area contributed by atoms with Crippen molar-refractivity contribution in [3.63, 3.8) is 0 Å². The van der Waals surface area contributed by atoms with Gasteiger partial charge in [0.25, 0.3) is 5.91 Å². The Morgan fingerprint density at radius 1 is 1.17 bits per heavy atom. The van der Waals surface area contributed by atoms with Gasteiger partial charge in [-0.25, -0.2) is 0 Å². The van der Waals surface area contributed by atoms with Crippen molar-refractivity contribution < 1.29 is 14.3 Å². The van der Waals surface area contributed by atoms with Crippen LogP contribution in [0, 0.1) is 5.92 Å². The summed E-state index contributed by atoms with van der Waals surface area (Å²) in [5.41, 5.74) is 0.532. The van der Waals surface area contributed by atoms with E-state index >= 15 is 0 Å². The summed E-state index contributed by atoms with van der Waals surface area (Å²) in [4.78, 5) is 17.0. The molecule has 1 aliphatic rings. The van der Waals surface area contributed by atoms with Crippen LogP contribution in [0.4, 0.5) is 0 Å². The van der Waals surface area contributed by atoms with E-state index in [1.165, 1.54) is 14.2 Å². The SMILES string of the molecule is COc1cc(C(=O)N2CCN(CC(C)C)CC2)cc(Cl)c1OC. The van der Waals surface area contributed by atoms with Gasteiger partial charge >= 0.3 is 0 Å². The third kappa shape index (κ3) is 4.30. The number of piperazine rings is 1. The Morgan fingerprint density at radius 3 is 2.35 bits per heavy atom. The van der Waals surface area contributed by atoms with Crippen molar-refractivity contribution >= 4 is 17.5 Å². The zero-order valence-corrected chi connectivity index (χ0v) is 15.0. The molecule has 0 bridgehead atoms. The van der Waals surface area contributed by atoms with Crippen LogP contribution in [-0.4, -0.2) is 62.7 Å². The average Bonchev–Trinajstić information content (AvgIpc) is 2.53. The highest BCUT2D eigenvalue weighted by Crippen LogP contribution is 2.36. The van der Waals surface area contributed by atoms with Crippen LogP contribution in [0.3, 0.4) is 0 Å². The summed E-state index contributed by atoms with van der Waals surface area (Å²) in [7, 11) is 3.06. The number of hydrogen-bond donors (Lipinski definition) is 0. The van der Waals surface area contributed by atoms with Gasteiger partial charge in [-0.3, -0.25) is 9.69 Å². The van der Waals surface area contributed by atoms with Crippen LogP contribution in [0.5, 0.6) is 11.5 Å². The topological polar surface area (TPSA) is 42.0 Å². The summed E-state index contributed by atoms with van der Waals surface area (Å²) in [6, 6.07) is 3.33. The lowest BCUT2D eigenvalue weighted by atomic mass is 10.1. The zero-order valence-electron chi connectivity index (χ0n) is 14.3. The van der Waals surface area contributed by atoms with E-state index in [0.717, 1.165) is 32.7 Å². The lowest BCUT2D eigenvalue weighted by molar-refractivity contribution is 0.0623. The Bertz CT molecular complexity index is 555. The van der Waals surface area contributed by atoms with E-state index in [1.54, 1.807) is 12.1 Å². The van der Waals surface area contributed by atoms with Crippen molar-refractivity contribution in [1.29, 1.82) is 0 Å². The molecule has 6 heteroatoms. The molecule has 2 rings (SSSR count). The van der Waals surface area contributed by atoms with E-state index in [-0.39, 0.29) is 5.91 Å². The van der Waals surface area contributed by atoms with Gasteiger partial charge in [0.05, 0.1) is 19.2 Å². The number of hydrogen-bond acceptors (Lipinski definition) is 4. The van der Waals surface area contributed by atoms with Crippen molar-refractivity contribution in [2.75, 3.05) is 46.9 Å². The zero-order chi connectivity index (χ0) is 17.0. The highest BCUT2D eigenvalue weighted by molar-refractivity contribution is 6.32. The highest BCUT2D eigenvalue weighted by Gasteiger charge is 2.24. The van der Waals surface area contributed by atoms with Crippen molar-refractivity contribution in [2.24, 2.45) is 5.92 Å². The van der Waals surface area contributed by atoms with Crippen LogP contribution in [0.1, 0.15) is 24.2 Å². The van der Waals surface area contributed by atoms with Gasteiger partial charge in [0.1, 0.15) is 0 Å². The van der Waals surface area contributed by atoms with Crippen LogP contribution in [0.25, 0.3) is 0 Å². The Labute approximate surface area is 143 Å². The van der Waals surface area contributed by atoms with Gasteiger partial charge in [-0.05, 0) is 18.1 Å². The molecular weight excluding hydrogens is 316 g/mol. The number of rotatable bonds is 5. The van der Waals surface area contributed by atoms with Gasteiger partial charge in [0.2, 0.25) is 0 Å². The highest BCUT2D eigenvalue weighted by atomic mass is 35.5. The molecule has 128 valence electrons. The first-order chi connectivity index (χ1) is 11.0. The molecule has 0 unspecified atom stereocenters. The van der Waals surface area contributed by atoms with Crippen LogP contribution < -0.4 is 9.47 Å². The standard InChI is InChI=1S/C17H25ClN2O3/c1-12(2)11-19-5-7-20(8-6-19)17(21)13-9-14(18)16(23-4)15(10-13)22-3/h9-10,12H,5-8,11H2,1-4H3. The molecule has 0 spiro atoms. The average molecular weight is 341 g/mol. The molecule has 0 radical (unpaired) electrons. The summed E-state index contributed by atoms with van der Waals surface area (Å²) in [6.45, 7) is 8.78. The summed E-state index contributed by atoms with van der Waals surface area (Å²) < 4.78 is 10.5. The maximum absolute atomic E-state index is 12.7. The predicted octanol–water partition coefficient (Wildman–Crippen LogP) is 2.77. The number of ether oxygens (including phenoxy) is 2. The van der Waals surface area contributed by atoms with Crippen LogP contribution in [0.2, 0.25) is 5.02 Å². The first kappa shape index (κ1) is 17.9. The molecule has 1 fully saturated rings. The molecule has 1 heterocycles. The van der Waals surface area contributed by atoms with Gasteiger partial charge in [-0.15, -0.1) is 0 Å². The molecule has 23 heavy (non-hydrogen) atoms. The minimum Gasteiger partial charge on any atom is -0.493 e. The van der Waals surface area contributed by atoms with Crippen molar-refractivity contribution in [3.05, 3.63) is 22.7 Å². The minimum absolute atomic E-state index is 0.0166. The third-order valence-electron chi connectivity index (χ3n) is 3.96. The Morgan fingerprint density at radius 2 is 1.83 bits per heavy atom. The third-order valence-corrected chi connectivity index (χ3v) is 4.24. The van der Waals surface area contributed by atoms with Gasteiger partial charge in [0.15, 0.2) is 11.5 Å². The molecule has 0 atom stereocenters. The fourth-order valence-electron chi connectivity index (χ4n) is 2.87. The molecule has 5 nitrogen and oxygen atoms in total. The number of benzene rings is 1. The van der Waals surface area contributed by atoms with Crippen LogP contribution in [0.15, 0.2) is 12.1 Å². The number of amides is 1. The minimum atomic E-state index is -0.0166. The number of nitrogens with zero attached hydrogens (tertiary/aromatic N) is 2. The normalized spacial score (nSPS) is 15.8. The summed E-state index contributed by atoms with van der Waals surface area (Å²) in [6.07, 6.45) is 0. The van der Waals surface area contributed by atoms with Crippen LogP contribution in [-0.2, 0) is 0 Å². The number of halogens is 1. The van der Waals surface area contributed by atoms with Gasteiger partial charge in [0, 0.05) is 38.3 Å². The first-order valence-electron chi connectivity index (χ1n) is 7.89. The molecule has 1 saturated heterocycles. The number of carbonyl (C=O) groups is 1. The molecule has 1 amide bonds. The molecule has 0 aliphatic carbocycles. The van der Waals surface area contributed by atoms with Crippen molar-refractivity contribution in [3.8, 4) is 11.5 Å². The first-order valence-corrected chi connectivity index (χ1v) is 8.27. The van der Waals surface area contributed by atoms with Crippen LogP contribution >= 0.6 is 11.6 Å². The summed E-state index contributed by atoms with van der Waals surface area (Å²) in [5.74, 6) is 1.55. The second kappa shape index (κ2) is 7.88. The Kier molecular flexibility index (Phi) is 6.13. The fraction of sp³-hybridized carbons (Fsp3) is 0.588. The van der Waals surface area contributed by atoms with E-state index in [1.807, 2.05) is 4.90 Å². The Balaban J connectivity index is 2.08. The second-order valence-electron chi connectivity index (χ2n) is 6.18. The Hall–Kier alpha value is -1.46. The second-order valence-corrected chi connectivity index (χ2v) is 6.59. The van der Waals surface area contributed by atoms with Crippen molar-refractivity contribution in [2.45, 2.75) is 13.8 Å². The predicted molar refractivity (Wildman–Crippen MR) is 91.7 cm³/mol. The lowest BCUT2D eigenvalue weighted by Gasteiger charge is -2.35. The summed E-state index contributed by atoms with van der Waals surface area (Å²) >= 11 is 6.19. The van der Waals surface area contributed by atoms with Gasteiger partial charge in [-0.2, -0.15) is 0 Å². The maximum atomic E-state index is 12.7. The molecule has 1 aromatic carbocycles. The number of methoxy groups -OCH3 is 2. The molecule has 0 saturated carbocycles.